The first-order valence-electron chi connectivity index (χ1n) is 33.0. The fourth-order valence-corrected chi connectivity index (χ4v) is 9.74. The molecule has 464 valence electrons. The van der Waals surface area contributed by atoms with Gasteiger partial charge in [0.1, 0.15) is 6.61 Å². The molecule has 0 aliphatic heterocycles. The van der Waals surface area contributed by atoms with Gasteiger partial charge in [-0.05, 0) is 109 Å². The number of hydrogen-bond donors (Lipinski definition) is 2. The number of phosphoric ester groups is 1. The van der Waals surface area contributed by atoms with Crippen LogP contribution in [-0.2, 0) is 32.7 Å². The third-order valence-electron chi connectivity index (χ3n) is 13.8. The summed E-state index contributed by atoms with van der Waals surface area (Å²) in [7, 11) is -4.40. The van der Waals surface area contributed by atoms with Gasteiger partial charge in [0.05, 0.1) is 13.2 Å². The smallest absolute Gasteiger partial charge is 0.462 e. The van der Waals surface area contributed by atoms with Gasteiger partial charge in [0, 0.05) is 19.4 Å². The summed E-state index contributed by atoms with van der Waals surface area (Å²) in [6.07, 6.45) is 91.2. The van der Waals surface area contributed by atoms with Crippen LogP contribution in [0, 0.1) is 0 Å². The molecule has 0 spiro atoms. The Labute approximate surface area is 498 Å². The zero-order chi connectivity index (χ0) is 58.7. The lowest BCUT2D eigenvalue weighted by Crippen LogP contribution is -2.29. The fourth-order valence-electron chi connectivity index (χ4n) is 8.98. The van der Waals surface area contributed by atoms with Crippen LogP contribution in [0.4, 0.5) is 0 Å². The normalized spacial score (nSPS) is 13.8. The lowest BCUT2D eigenvalue weighted by Gasteiger charge is -2.19. The van der Waals surface area contributed by atoms with Gasteiger partial charge in [-0.25, -0.2) is 4.57 Å². The van der Waals surface area contributed by atoms with Gasteiger partial charge in [-0.2, -0.15) is 0 Å². The van der Waals surface area contributed by atoms with Crippen LogP contribution in [0.1, 0.15) is 284 Å². The van der Waals surface area contributed by atoms with E-state index in [0.29, 0.717) is 6.42 Å². The van der Waals surface area contributed by atoms with E-state index in [1.54, 1.807) is 0 Å². The van der Waals surface area contributed by atoms with Crippen LogP contribution in [0.5, 0.6) is 0 Å². The minimum atomic E-state index is -4.40. The van der Waals surface area contributed by atoms with Crippen molar-refractivity contribution in [2.75, 3.05) is 26.4 Å². The minimum absolute atomic E-state index is 0.0471. The fraction of sp³-hybridized carbons (Fsp3) is 0.690. The molecule has 0 fully saturated rings. The van der Waals surface area contributed by atoms with Gasteiger partial charge in [-0.1, -0.05) is 283 Å². The minimum Gasteiger partial charge on any atom is -0.462 e. The molecule has 0 rings (SSSR count). The largest absolute Gasteiger partial charge is 0.472 e. The molecule has 0 saturated heterocycles. The Hall–Kier alpha value is -3.59. The molecule has 0 radical (unpaired) electrons. The molecule has 81 heavy (non-hydrogen) atoms. The first-order valence-corrected chi connectivity index (χ1v) is 34.5. The molecule has 0 bridgehead atoms. The molecule has 0 amide bonds. The number of esters is 2. The molecule has 0 heterocycles. The highest BCUT2D eigenvalue weighted by Gasteiger charge is 2.26. The summed E-state index contributed by atoms with van der Waals surface area (Å²) in [5, 5.41) is 0. The van der Waals surface area contributed by atoms with Crippen LogP contribution in [0.2, 0.25) is 0 Å². The zero-order valence-electron chi connectivity index (χ0n) is 52.0. The van der Waals surface area contributed by atoms with Gasteiger partial charge in [-0.3, -0.25) is 18.6 Å². The summed E-state index contributed by atoms with van der Waals surface area (Å²) < 4.78 is 33.1. The Morgan fingerprint density at radius 3 is 1.01 bits per heavy atom. The summed E-state index contributed by atoms with van der Waals surface area (Å²) in [5.41, 5.74) is 5.40. The Morgan fingerprint density at radius 1 is 0.383 bits per heavy atom. The van der Waals surface area contributed by atoms with Gasteiger partial charge in [0.25, 0.3) is 0 Å². The average Bonchev–Trinajstić information content (AvgIpc) is 3.46. The number of unbranched alkanes of at least 4 members (excludes halogenated alkanes) is 28. The molecule has 0 aromatic heterocycles. The second-order valence-electron chi connectivity index (χ2n) is 21.6. The maximum absolute atomic E-state index is 12.8. The van der Waals surface area contributed by atoms with Gasteiger partial charge in [0.2, 0.25) is 0 Å². The van der Waals surface area contributed by atoms with E-state index < -0.39 is 26.5 Å². The zero-order valence-corrected chi connectivity index (χ0v) is 52.9. The monoisotopic (exact) mass is 1150 g/mol. The Bertz CT molecular complexity index is 1740. The van der Waals surface area contributed by atoms with Crippen LogP contribution in [-0.4, -0.2) is 49.3 Å². The van der Waals surface area contributed by atoms with E-state index in [4.69, 9.17) is 24.3 Å². The van der Waals surface area contributed by atoms with E-state index in [1.165, 1.54) is 148 Å². The number of allylic oxidation sites excluding steroid dienone is 20. The third-order valence-corrected chi connectivity index (χ3v) is 14.8. The first-order chi connectivity index (χ1) is 39.8. The number of ether oxygens (including phenoxy) is 2. The number of rotatable bonds is 61. The van der Waals surface area contributed by atoms with E-state index in [9.17, 15) is 19.0 Å². The molecule has 2 unspecified atom stereocenters. The summed E-state index contributed by atoms with van der Waals surface area (Å²) >= 11 is 0. The van der Waals surface area contributed by atoms with Gasteiger partial charge in [-0.15, -0.1) is 0 Å². The number of nitrogens with two attached hydrogens (primary N) is 1. The number of carbonyl (C=O) groups is 2. The van der Waals surface area contributed by atoms with Crippen molar-refractivity contribution in [2.24, 2.45) is 5.73 Å². The molecule has 9 nitrogen and oxygen atoms in total. The lowest BCUT2D eigenvalue weighted by atomic mass is 10.0. The standard InChI is InChI=1S/C71H122NO8P/c1-3-5-7-9-11-13-15-17-19-21-23-25-27-29-31-33-34-36-38-40-42-44-46-48-50-52-54-56-58-60-62-64-71(74)80-69(68-79-81(75,76)78-66-65-72)67-77-70(73)63-61-59-57-55-53-51-49-47-45-43-41-39-37-35-32-30-28-26-24-22-20-18-16-14-12-10-8-6-4-2/h5,7,11,13,16-19,22-25,28-31,34,36,40,42,69H,3-4,6,8-10,12,14-15,20-21,26-27,32-33,35,37-39,41,43-68,72H2,1-2H3,(H,75,76)/b7-5-,13-11-,18-16-,19-17-,24-22-,25-23-,30-28-,31-29-,36-34-,42-40-. The molecule has 10 heteroatoms. The molecule has 0 aromatic carbocycles. The van der Waals surface area contributed by atoms with Gasteiger partial charge in [0.15, 0.2) is 6.10 Å². The van der Waals surface area contributed by atoms with Crippen molar-refractivity contribution >= 4 is 19.8 Å². The molecule has 0 saturated carbocycles. The predicted octanol–water partition coefficient (Wildman–Crippen LogP) is 21.5. The van der Waals surface area contributed by atoms with E-state index in [0.717, 1.165) is 103 Å². The second kappa shape index (κ2) is 65.6. The molecular weight excluding hydrogens is 1030 g/mol. The molecular formula is C71H122NO8P. The topological polar surface area (TPSA) is 134 Å². The Balaban J connectivity index is 3.96. The van der Waals surface area contributed by atoms with Crippen LogP contribution in [0.15, 0.2) is 122 Å². The van der Waals surface area contributed by atoms with Crippen molar-refractivity contribution in [1.29, 1.82) is 0 Å². The first kappa shape index (κ1) is 77.4. The van der Waals surface area contributed by atoms with E-state index in [2.05, 4.69) is 135 Å². The van der Waals surface area contributed by atoms with Crippen molar-refractivity contribution in [3.05, 3.63) is 122 Å². The average molecular weight is 1150 g/mol. The highest BCUT2D eigenvalue weighted by Crippen LogP contribution is 2.43. The van der Waals surface area contributed by atoms with E-state index in [-0.39, 0.29) is 38.6 Å². The maximum Gasteiger partial charge on any atom is 0.472 e. The van der Waals surface area contributed by atoms with Crippen molar-refractivity contribution in [2.45, 2.75) is 290 Å². The molecule has 0 aromatic rings. The highest BCUT2D eigenvalue weighted by atomic mass is 31.2. The van der Waals surface area contributed by atoms with Crippen LogP contribution >= 0.6 is 7.82 Å². The van der Waals surface area contributed by atoms with Crippen LogP contribution in [0.3, 0.4) is 0 Å². The number of phosphoric acid groups is 1. The highest BCUT2D eigenvalue weighted by molar-refractivity contribution is 7.47. The summed E-state index contributed by atoms with van der Waals surface area (Å²) in [6, 6.07) is 0. The van der Waals surface area contributed by atoms with Crippen molar-refractivity contribution in [3.8, 4) is 0 Å². The Kier molecular flexibility index (Phi) is 62.7. The summed E-state index contributed by atoms with van der Waals surface area (Å²) in [6.45, 7) is 3.62. The summed E-state index contributed by atoms with van der Waals surface area (Å²) in [4.78, 5) is 35.3. The van der Waals surface area contributed by atoms with Crippen molar-refractivity contribution in [1.82, 2.24) is 0 Å². The summed E-state index contributed by atoms with van der Waals surface area (Å²) in [5.74, 6) is -0.835. The molecule has 0 aliphatic carbocycles. The van der Waals surface area contributed by atoms with Crippen molar-refractivity contribution < 1.29 is 37.6 Å². The quantitative estimate of drug-likeness (QED) is 0.0264. The third kappa shape index (κ3) is 65.4. The molecule has 0 aliphatic rings. The number of hydrogen-bond acceptors (Lipinski definition) is 8. The van der Waals surface area contributed by atoms with Crippen LogP contribution < -0.4 is 5.73 Å². The Morgan fingerprint density at radius 2 is 0.679 bits per heavy atom. The maximum atomic E-state index is 12.8. The van der Waals surface area contributed by atoms with Gasteiger partial charge >= 0.3 is 19.8 Å². The van der Waals surface area contributed by atoms with Crippen LogP contribution in [0.25, 0.3) is 0 Å². The van der Waals surface area contributed by atoms with E-state index >= 15 is 0 Å². The van der Waals surface area contributed by atoms with E-state index in [1.807, 2.05) is 0 Å². The SMILES string of the molecule is CC/C=C\C/C=C\C/C=C\C/C=C\C/C=C\C/C=C\C/C=C\CCCCCCCCCCCC(=O)OC(COC(=O)CCCCCCCCCCCCCCCC/C=C\C/C=C\C/C=C\CCCCCCC)COP(=O)(O)OCCN. The second-order valence-corrected chi connectivity index (χ2v) is 23.1. The number of carbonyl (C=O) groups excluding carboxylic acids is 2. The predicted molar refractivity (Wildman–Crippen MR) is 348 cm³/mol. The van der Waals surface area contributed by atoms with Crippen molar-refractivity contribution in [3.63, 3.8) is 0 Å². The molecule has 3 N–H and O–H groups in total. The lowest BCUT2D eigenvalue weighted by molar-refractivity contribution is -0.161. The molecule has 2 atom stereocenters. The van der Waals surface area contributed by atoms with Gasteiger partial charge < -0.3 is 20.1 Å².